The molecule has 0 amide bonds. The molecule has 2 aliphatic rings. The molecule has 2 saturated heterocycles. The molecule has 2 atom stereocenters. The van der Waals surface area contributed by atoms with Gasteiger partial charge in [0.05, 0.1) is 23.4 Å². The van der Waals surface area contributed by atoms with E-state index in [1.807, 2.05) is 12.1 Å². The average molecular weight is 273 g/mol. The van der Waals surface area contributed by atoms with E-state index in [-0.39, 0.29) is 18.0 Å². The van der Waals surface area contributed by atoms with Gasteiger partial charge in [-0.15, -0.1) is 0 Å². The highest BCUT2D eigenvalue weighted by atomic mass is 19.1. The first kappa shape index (κ1) is 11.9. The summed E-state index contributed by atoms with van der Waals surface area (Å²) in [6.07, 6.45) is 4.22. The van der Waals surface area contributed by atoms with Crippen molar-refractivity contribution < 1.29 is 9.13 Å². The molecule has 20 heavy (non-hydrogen) atoms. The zero-order valence-corrected chi connectivity index (χ0v) is 11.1. The maximum Gasteiger partial charge on any atom is 0.150 e. The lowest BCUT2D eigenvalue weighted by molar-refractivity contribution is 0.0304. The summed E-state index contributed by atoms with van der Waals surface area (Å²) in [5.74, 6) is -0.296. The maximum absolute atomic E-state index is 14.4. The van der Waals surface area contributed by atoms with Crippen LogP contribution >= 0.6 is 0 Å². The largest absolute Gasteiger partial charge is 0.398 e. The van der Waals surface area contributed by atoms with E-state index in [1.54, 1.807) is 6.20 Å². The highest BCUT2D eigenvalue weighted by Gasteiger charge is 2.35. The highest BCUT2D eigenvalue weighted by molar-refractivity contribution is 5.99. The predicted molar refractivity (Wildman–Crippen MR) is 76.2 cm³/mol. The number of hydrogen-bond acceptors (Lipinski definition) is 4. The fraction of sp³-hybridized carbons (Fsp3) is 0.400. The number of morpholine rings is 1. The van der Waals surface area contributed by atoms with Gasteiger partial charge in [-0.2, -0.15) is 0 Å². The van der Waals surface area contributed by atoms with Crippen molar-refractivity contribution in [2.45, 2.75) is 25.0 Å². The second-order valence-corrected chi connectivity index (χ2v) is 5.56. The molecule has 2 N–H and O–H groups in total. The van der Waals surface area contributed by atoms with Crippen LogP contribution in [0.25, 0.3) is 10.9 Å². The average Bonchev–Trinajstić information content (AvgIpc) is 2.78. The lowest BCUT2D eigenvalue weighted by Crippen LogP contribution is -2.43. The first-order chi connectivity index (χ1) is 9.72. The van der Waals surface area contributed by atoms with E-state index in [0.29, 0.717) is 16.9 Å². The Morgan fingerprint density at radius 2 is 2.05 bits per heavy atom. The first-order valence-electron chi connectivity index (χ1n) is 6.95. The highest BCUT2D eigenvalue weighted by Crippen LogP contribution is 2.36. The topological polar surface area (TPSA) is 51.4 Å². The summed E-state index contributed by atoms with van der Waals surface area (Å²) in [5.41, 5.74) is 7.54. The van der Waals surface area contributed by atoms with Crippen LogP contribution in [-0.2, 0) is 4.74 Å². The van der Waals surface area contributed by atoms with E-state index >= 15 is 0 Å². The Hall–Kier alpha value is -1.88. The summed E-state index contributed by atoms with van der Waals surface area (Å²) < 4.78 is 20.3. The molecule has 3 heterocycles. The fourth-order valence-corrected chi connectivity index (χ4v) is 3.32. The molecule has 2 aliphatic heterocycles. The zero-order chi connectivity index (χ0) is 13.7. The van der Waals surface area contributed by atoms with Gasteiger partial charge in [-0.05, 0) is 31.0 Å². The van der Waals surface area contributed by atoms with Crippen LogP contribution in [0.1, 0.15) is 12.8 Å². The van der Waals surface area contributed by atoms with E-state index in [9.17, 15) is 4.39 Å². The normalized spacial score (nSPS) is 25.4. The van der Waals surface area contributed by atoms with Gasteiger partial charge in [0.15, 0.2) is 5.82 Å². The standard InChI is InChI=1S/C15H16FN3O/c16-12-6-13(17)11-2-1-5-18-14(11)15(12)19-7-9-3-4-10(8-19)20-9/h1-2,5-6,9-10H,3-4,7-8,17H2. The van der Waals surface area contributed by atoms with Gasteiger partial charge in [-0.3, -0.25) is 4.98 Å². The minimum Gasteiger partial charge on any atom is -0.398 e. The number of anilines is 2. The maximum atomic E-state index is 14.4. The van der Waals surface area contributed by atoms with Crippen molar-refractivity contribution in [2.75, 3.05) is 23.7 Å². The predicted octanol–water partition coefficient (Wildman–Crippen LogP) is 2.32. The number of pyridine rings is 1. The molecule has 2 fully saturated rings. The molecule has 2 bridgehead atoms. The second kappa shape index (κ2) is 4.31. The quantitative estimate of drug-likeness (QED) is 0.810. The van der Waals surface area contributed by atoms with Crippen molar-refractivity contribution in [2.24, 2.45) is 0 Å². The Bertz CT molecular complexity index is 663. The number of halogens is 1. The van der Waals surface area contributed by atoms with E-state index in [4.69, 9.17) is 10.5 Å². The monoisotopic (exact) mass is 273 g/mol. The number of nitrogens with zero attached hydrogens (tertiary/aromatic N) is 2. The number of rotatable bonds is 1. The smallest absolute Gasteiger partial charge is 0.150 e. The molecule has 4 rings (SSSR count). The first-order valence-corrected chi connectivity index (χ1v) is 6.95. The third-order valence-electron chi connectivity index (χ3n) is 4.21. The molecule has 0 radical (unpaired) electrons. The summed E-state index contributed by atoms with van der Waals surface area (Å²) >= 11 is 0. The Kier molecular flexibility index (Phi) is 2.57. The number of ether oxygens (including phenoxy) is 1. The third kappa shape index (κ3) is 1.73. The van der Waals surface area contributed by atoms with Crippen LogP contribution in [0, 0.1) is 5.82 Å². The summed E-state index contributed by atoms with van der Waals surface area (Å²) in [7, 11) is 0. The van der Waals surface area contributed by atoms with Crippen LogP contribution in [0.4, 0.5) is 15.8 Å². The fourth-order valence-electron chi connectivity index (χ4n) is 3.32. The van der Waals surface area contributed by atoms with Crippen LogP contribution in [-0.4, -0.2) is 30.3 Å². The van der Waals surface area contributed by atoms with Crippen LogP contribution in [0.3, 0.4) is 0 Å². The molecule has 0 saturated carbocycles. The van der Waals surface area contributed by atoms with Gasteiger partial charge in [0.1, 0.15) is 0 Å². The van der Waals surface area contributed by atoms with Gasteiger partial charge >= 0.3 is 0 Å². The Morgan fingerprint density at radius 1 is 1.30 bits per heavy atom. The molecule has 1 aromatic carbocycles. The van der Waals surface area contributed by atoms with Crippen molar-refractivity contribution in [1.82, 2.24) is 4.98 Å². The minimum absolute atomic E-state index is 0.212. The molecular formula is C15H16FN3O. The number of nitrogen functional groups attached to an aromatic ring is 1. The third-order valence-corrected chi connectivity index (χ3v) is 4.21. The van der Waals surface area contributed by atoms with Gasteiger partial charge in [0.25, 0.3) is 0 Å². The lowest BCUT2D eigenvalue weighted by atomic mass is 10.1. The molecule has 0 aliphatic carbocycles. The van der Waals surface area contributed by atoms with Crippen molar-refractivity contribution in [3.05, 3.63) is 30.2 Å². The number of aromatic nitrogens is 1. The summed E-state index contributed by atoms with van der Waals surface area (Å²) in [5, 5.41) is 0.808. The van der Waals surface area contributed by atoms with Crippen molar-refractivity contribution in [3.63, 3.8) is 0 Å². The number of nitrogens with two attached hydrogens (primary N) is 1. The van der Waals surface area contributed by atoms with E-state index in [2.05, 4.69) is 9.88 Å². The Morgan fingerprint density at radius 3 is 2.80 bits per heavy atom. The van der Waals surface area contributed by atoms with Crippen molar-refractivity contribution >= 4 is 22.3 Å². The van der Waals surface area contributed by atoms with Crippen LogP contribution in [0.15, 0.2) is 24.4 Å². The van der Waals surface area contributed by atoms with E-state index in [1.165, 1.54) is 6.07 Å². The minimum atomic E-state index is -0.296. The van der Waals surface area contributed by atoms with Gasteiger partial charge in [0, 0.05) is 30.4 Å². The molecule has 2 aromatic rings. The summed E-state index contributed by atoms with van der Waals surface area (Å²) in [6, 6.07) is 5.11. The van der Waals surface area contributed by atoms with Crippen molar-refractivity contribution in [3.8, 4) is 0 Å². The second-order valence-electron chi connectivity index (χ2n) is 5.56. The molecular weight excluding hydrogens is 257 g/mol. The summed E-state index contributed by atoms with van der Waals surface area (Å²) in [4.78, 5) is 6.41. The van der Waals surface area contributed by atoms with Gasteiger partial charge < -0.3 is 15.4 Å². The SMILES string of the molecule is Nc1cc(F)c(N2CC3CCC(C2)O3)c2ncccc12. The molecule has 104 valence electrons. The zero-order valence-electron chi connectivity index (χ0n) is 11.1. The van der Waals surface area contributed by atoms with Crippen molar-refractivity contribution in [1.29, 1.82) is 0 Å². The Balaban J connectivity index is 1.87. The number of benzene rings is 1. The van der Waals surface area contributed by atoms with E-state index < -0.39 is 0 Å². The van der Waals surface area contributed by atoms with Gasteiger partial charge in [-0.25, -0.2) is 4.39 Å². The van der Waals surface area contributed by atoms with E-state index in [0.717, 1.165) is 31.3 Å². The number of fused-ring (bicyclic) bond motifs is 3. The molecule has 4 nitrogen and oxygen atoms in total. The van der Waals surface area contributed by atoms with Gasteiger partial charge in [-0.1, -0.05) is 0 Å². The molecule has 5 heteroatoms. The number of hydrogen-bond donors (Lipinski definition) is 1. The molecule has 0 spiro atoms. The van der Waals surface area contributed by atoms with Crippen LogP contribution in [0.5, 0.6) is 0 Å². The lowest BCUT2D eigenvalue weighted by Gasteiger charge is -2.34. The molecule has 1 aromatic heterocycles. The molecule has 2 unspecified atom stereocenters. The van der Waals surface area contributed by atoms with Crippen LogP contribution < -0.4 is 10.6 Å². The Labute approximate surface area is 116 Å². The summed E-state index contributed by atoms with van der Waals surface area (Å²) in [6.45, 7) is 1.45. The van der Waals surface area contributed by atoms with Crippen LogP contribution in [0.2, 0.25) is 0 Å². The van der Waals surface area contributed by atoms with Gasteiger partial charge in [0.2, 0.25) is 0 Å².